The lowest BCUT2D eigenvalue weighted by molar-refractivity contribution is 0.666. The second-order valence-corrected chi connectivity index (χ2v) is 12.9. The van der Waals surface area contributed by atoms with E-state index >= 15 is 0 Å². The second kappa shape index (κ2) is 11.2. The van der Waals surface area contributed by atoms with Gasteiger partial charge in [-0.05, 0) is 63.9 Å². The van der Waals surface area contributed by atoms with Crippen LogP contribution in [0.4, 0.5) is 0 Å². The number of aromatic nitrogens is 3. The molecule has 52 heavy (non-hydrogen) atoms. The molecule has 0 bridgehead atoms. The summed E-state index contributed by atoms with van der Waals surface area (Å²) < 4.78 is 63.9. The molecule has 0 saturated carbocycles. The van der Waals surface area contributed by atoms with Crippen LogP contribution in [0.2, 0.25) is 0 Å². The maximum absolute atomic E-state index is 10.2. The molecule has 0 aliphatic rings. The summed E-state index contributed by atoms with van der Waals surface area (Å²) in [5.74, 6) is 0.130. The molecule has 11 rings (SSSR count). The molecule has 0 unspecified atom stereocenters. The molecule has 0 aliphatic heterocycles. The average molecular weight is 670 g/mol. The van der Waals surface area contributed by atoms with Gasteiger partial charge in [0.2, 0.25) is 0 Å². The van der Waals surface area contributed by atoms with Crippen molar-refractivity contribution in [3.63, 3.8) is 0 Å². The smallest absolute Gasteiger partial charge is 0.160 e. The summed E-state index contributed by atoms with van der Waals surface area (Å²) >= 11 is 0. The Kier molecular flexibility index (Phi) is 5.05. The van der Waals surface area contributed by atoms with Crippen molar-refractivity contribution in [3.8, 4) is 39.6 Å². The van der Waals surface area contributed by atoms with Gasteiger partial charge in [0, 0.05) is 38.2 Å². The molecule has 4 nitrogen and oxygen atoms in total. The zero-order valence-corrected chi connectivity index (χ0v) is 27.5. The Bertz CT molecular complexity index is 3470. The second-order valence-electron chi connectivity index (χ2n) is 12.9. The molecule has 4 heteroatoms. The predicted molar refractivity (Wildman–Crippen MR) is 215 cm³/mol. The van der Waals surface area contributed by atoms with E-state index in [1.165, 1.54) is 0 Å². The van der Waals surface area contributed by atoms with Crippen molar-refractivity contribution in [1.82, 2.24) is 14.5 Å². The monoisotopic (exact) mass is 669 g/mol. The molecule has 11 aromatic rings. The maximum atomic E-state index is 10.2. The van der Waals surface area contributed by atoms with E-state index in [-0.39, 0.29) is 63.2 Å². The van der Waals surface area contributed by atoms with E-state index in [9.17, 15) is 2.74 Å². The number of para-hydroxylation sites is 1. The van der Waals surface area contributed by atoms with Crippen molar-refractivity contribution in [2.45, 2.75) is 0 Å². The number of benzene rings is 8. The zero-order valence-electron chi connectivity index (χ0n) is 33.5. The van der Waals surface area contributed by atoms with E-state index in [2.05, 4.69) is 30.3 Å². The van der Waals surface area contributed by atoms with Crippen LogP contribution in [0.25, 0.3) is 105 Å². The number of rotatable bonds is 4. The fourth-order valence-corrected chi connectivity index (χ4v) is 7.49. The lowest BCUT2D eigenvalue weighted by atomic mass is 10.0. The average Bonchev–Trinajstić information content (AvgIpc) is 3.82. The highest BCUT2D eigenvalue weighted by molar-refractivity contribution is 6.24. The Morgan fingerprint density at radius 1 is 0.500 bits per heavy atom. The predicted octanol–water partition coefficient (Wildman–Crippen LogP) is 12.8. The number of nitrogens with zero attached hydrogens (tertiary/aromatic N) is 3. The van der Waals surface area contributed by atoms with E-state index in [0.29, 0.717) is 11.4 Å². The van der Waals surface area contributed by atoms with Gasteiger partial charge in [-0.1, -0.05) is 133 Å². The van der Waals surface area contributed by atoms with Crippen molar-refractivity contribution in [2.24, 2.45) is 0 Å². The third kappa shape index (κ3) is 4.41. The molecule has 0 radical (unpaired) electrons. The van der Waals surface area contributed by atoms with Gasteiger partial charge < -0.3 is 8.98 Å². The van der Waals surface area contributed by atoms with Crippen LogP contribution < -0.4 is 0 Å². The van der Waals surface area contributed by atoms with Crippen LogP contribution >= 0.6 is 0 Å². The van der Waals surface area contributed by atoms with E-state index < -0.39 is 12.1 Å². The molecule has 0 N–H and O–H groups in total. The number of furan rings is 1. The highest BCUT2D eigenvalue weighted by atomic mass is 16.3. The van der Waals surface area contributed by atoms with Crippen LogP contribution in [0, 0.1) is 0 Å². The largest absolute Gasteiger partial charge is 0.454 e. The Morgan fingerprint density at radius 3 is 1.90 bits per heavy atom. The maximum Gasteiger partial charge on any atom is 0.160 e. The molecule has 0 amide bonds. The molecule has 8 aromatic carbocycles. The molecular formula is C48H29N3O. The normalized spacial score (nSPS) is 13.5. The van der Waals surface area contributed by atoms with Gasteiger partial charge in [-0.2, -0.15) is 0 Å². The van der Waals surface area contributed by atoms with Gasteiger partial charge >= 0.3 is 0 Å². The Balaban J connectivity index is 1.36. The van der Waals surface area contributed by atoms with Gasteiger partial charge in [0.1, 0.15) is 5.58 Å². The van der Waals surface area contributed by atoms with Crippen molar-refractivity contribution in [3.05, 3.63) is 176 Å². The SMILES string of the molecule is [2H]c1c([2H])c([2H])c2c(oc3c(-n4c5cc6ccccc6cc5c5c6ccccc6ccc54)c([2H])c(-c4nc(-c5ccccc5)cc(-c5ccccc5)n4)c([2H])c32)c1[2H]. The first kappa shape index (κ1) is 23.4. The minimum Gasteiger partial charge on any atom is -0.454 e. The molecule has 3 aromatic heterocycles. The molecule has 242 valence electrons. The van der Waals surface area contributed by atoms with Crippen LogP contribution in [0.3, 0.4) is 0 Å². The quantitative estimate of drug-likeness (QED) is 0.187. The molecule has 0 atom stereocenters. The molecule has 0 aliphatic carbocycles. The lowest BCUT2D eigenvalue weighted by Crippen LogP contribution is -1.99. The Hall–Kier alpha value is -7.04. The van der Waals surface area contributed by atoms with E-state index in [1.807, 2.05) is 114 Å². The van der Waals surface area contributed by atoms with Gasteiger partial charge in [-0.25, -0.2) is 9.97 Å². The first-order valence-corrected chi connectivity index (χ1v) is 17.1. The number of hydrogen-bond acceptors (Lipinski definition) is 3. The van der Waals surface area contributed by atoms with Crippen LogP contribution in [-0.4, -0.2) is 14.5 Å². The highest BCUT2D eigenvalue weighted by Crippen LogP contribution is 2.43. The molecular weight excluding hydrogens is 635 g/mol. The van der Waals surface area contributed by atoms with Crippen LogP contribution in [-0.2, 0) is 0 Å². The Labute approximate surface area is 307 Å². The molecule has 0 spiro atoms. The van der Waals surface area contributed by atoms with Gasteiger partial charge in [-0.3, -0.25) is 0 Å². The topological polar surface area (TPSA) is 43.9 Å². The van der Waals surface area contributed by atoms with Gasteiger partial charge in [0.25, 0.3) is 0 Å². The van der Waals surface area contributed by atoms with Crippen LogP contribution in [0.1, 0.15) is 8.22 Å². The van der Waals surface area contributed by atoms with Crippen LogP contribution in [0.15, 0.2) is 180 Å². The summed E-state index contributed by atoms with van der Waals surface area (Å²) in [6.45, 7) is 0. The lowest BCUT2D eigenvalue weighted by Gasteiger charge is -2.13. The summed E-state index contributed by atoms with van der Waals surface area (Å²) in [6.07, 6.45) is 0. The van der Waals surface area contributed by atoms with E-state index in [0.717, 1.165) is 54.5 Å². The number of hydrogen-bond donors (Lipinski definition) is 0. The number of fused-ring (bicyclic) bond motifs is 9. The van der Waals surface area contributed by atoms with Crippen LogP contribution in [0.5, 0.6) is 0 Å². The molecule has 3 heterocycles. The summed E-state index contributed by atoms with van der Waals surface area (Å²) in [5.41, 5.74) is 4.80. The van der Waals surface area contributed by atoms with E-state index in [4.69, 9.17) is 19.9 Å². The van der Waals surface area contributed by atoms with Gasteiger partial charge in [0.15, 0.2) is 11.4 Å². The fraction of sp³-hybridized carbons (Fsp3) is 0. The molecule has 0 fully saturated rings. The third-order valence-corrected chi connectivity index (χ3v) is 9.88. The van der Waals surface area contributed by atoms with Crippen molar-refractivity contribution < 1.29 is 12.6 Å². The van der Waals surface area contributed by atoms with Gasteiger partial charge in [0.05, 0.1) is 36.3 Å². The van der Waals surface area contributed by atoms with Gasteiger partial charge in [-0.15, -0.1) is 0 Å². The molecule has 0 saturated heterocycles. The van der Waals surface area contributed by atoms with E-state index in [1.54, 1.807) is 0 Å². The minimum atomic E-state index is -0.447. The van der Waals surface area contributed by atoms with Crippen molar-refractivity contribution in [2.75, 3.05) is 0 Å². The summed E-state index contributed by atoms with van der Waals surface area (Å²) in [6, 6.07) is 44.0. The highest BCUT2D eigenvalue weighted by Gasteiger charge is 2.22. The first-order valence-electron chi connectivity index (χ1n) is 20.1. The standard InChI is InChI=1S/C48H29N3O/c1-3-14-31(15-4-1)40-29-41(32-16-5-2-6-17-32)50-48(49-40)35-26-38-37-21-11-12-22-45(37)52-47(38)44(28-35)51-42-24-23-30-13-9-10-20-36(30)46(42)39-25-33-18-7-8-19-34(33)27-43(39)51/h1-29H/i11D,12D,21D,22D,26D,28D. The fourth-order valence-electron chi connectivity index (χ4n) is 7.49. The Morgan fingerprint density at radius 2 is 1.15 bits per heavy atom. The minimum absolute atomic E-state index is 0.0627. The summed E-state index contributed by atoms with van der Waals surface area (Å²) in [7, 11) is 0. The first-order chi connectivity index (χ1) is 28.3. The van der Waals surface area contributed by atoms with Crippen molar-refractivity contribution >= 4 is 65.3 Å². The zero-order chi connectivity index (χ0) is 39.4. The summed E-state index contributed by atoms with van der Waals surface area (Å²) in [5, 5.41) is 6.23. The third-order valence-electron chi connectivity index (χ3n) is 9.88. The summed E-state index contributed by atoms with van der Waals surface area (Å²) in [4.78, 5) is 10.1. The van der Waals surface area contributed by atoms with Crippen molar-refractivity contribution in [1.29, 1.82) is 0 Å².